The summed E-state index contributed by atoms with van der Waals surface area (Å²) < 4.78 is 0.687. The van der Waals surface area contributed by atoms with Crippen molar-refractivity contribution in [2.75, 3.05) is 18.8 Å². The molecule has 28 heavy (non-hydrogen) atoms. The second kappa shape index (κ2) is 9.38. The summed E-state index contributed by atoms with van der Waals surface area (Å²) in [4.78, 5) is 41.8. The van der Waals surface area contributed by atoms with Gasteiger partial charge in [-0.25, -0.2) is 0 Å². The van der Waals surface area contributed by atoms with E-state index in [1.807, 2.05) is 0 Å². The molecule has 0 atom stereocenters. The van der Waals surface area contributed by atoms with Crippen LogP contribution in [0.25, 0.3) is 6.08 Å². The first kappa shape index (κ1) is 19.9. The third kappa shape index (κ3) is 5.11. The lowest BCUT2D eigenvalue weighted by molar-refractivity contribution is -0.645. The van der Waals surface area contributed by atoms with Gasteiger partial charge >= 0.3 is 0 Å². The Hall–Kier alpha value is -2.85. The fraction of sp³-hybridized carbons (Fsp3) is 0.167. The van der Waals surface area contributed by atoms with Crippen LogP contribution in [-0.4, -0.2) is 45.8 Å². The van der Waals surface area contributed by atoms with Crippen LogP contribution in [0.5, 0.6) is 0 Å². The van der Waals surface area contributed by atoms with Gasteiger partial charge in [-0.3, -0.25) is 24.3 Å². The predicted molar refractivity (Wildman–Crippen MR) is 106 cm³/mol. The largest absolute Gasteiger partial charge is 0.618 e. The fourth-order valence-electron chi connectivity index (χ4n) is 2.33. The summed E-state index contributed by atoms with van der Waals surface area (Å²) in [5, 5.41) is 14.2. The molecule has 8 nitrogen and oxygen atoms in total. The first-order chi connectivity index (χ1) is 13.5. The minimum absolute atomic E-state index is 0.0645. The molecule has 2 aromatic heterocycles. The molecule has 1 N–H and O–H groups in total. The summed E-state index contributed by atoms with van der Waals surface area (Å²) in [7, 11) is 0. The fourth-order valence-corrected chi connectivity index (χ4v) is 3.94. The van der Waals surface area contributed by atoms with E-state index in [1.54, 1.807) is 48.8 Å². The average molecular weight is 416 g/mol. The number of carbonyl (C=O) groups is 3. The number of hydrogen-bond donors (Lipinski definition) is 1. The molecule has 0 bridgehead atoms. The number of carbonyl (C=O) groups excluding carboxylic acids is 3. The number of pyridine rings is 2. The van der Waals surface area contributed by atoms with Gasteiger partial charge in [0.1, 0.15) is 0 Å². The summed E-state index contributed by atoms with van der Waals surface area (Å²) in [6.07, 6.45) is 6.20. The molecular weight excluding hydrogens is 400 g/mol. The van der Waals surface area contributed by atoms with Crippen LogP contribution >= 0.6 is 23.5 Å². The quantitative estimate of drug-likeness (QED) is 0.317. The van der Waals surface area contributed by atoms with Gasteiger partial charge < -0.3 is 10.5 Å². The van der Waals surface area contributed by atoms with Crippen LogP contribution in [-0.2, 0) is 9.59 Å². The number of amides is 3. The van der Waals surface area contributed by atoms with Gasteiger partial charge in [0.05, 0.1) is 10.7 Å². The molecule has 1 fully saturated rings. The van der Waals surface area contributed by atoms with Gasteiger partial charge in [0.25, 0.3) is 16.2 Å². The van der Waals surface area contributed by atoms with E-state index in [4.69, 9.17) is 0 Å². The van der Waals surface area contributed by atoms with Gasteiger partial charge in [-0.2, -0.15) is 4.73 Å². The lowest BCUT2D eigenvalue weighted by Crippen LogP contribution is -2.38. The number of thioether (sulfide) groups is 2. The minimum atomic E-state index is -0.390. The number of rotatable bonds is 7. The number of imide groups is 1. The highest BCUT2D eigenvalue weighted by atomic mass is 32.2. The van der Waals surface area contributed by atoms with Crippen molar-refractivity contribution >= 4 is 46.7 Å². The molecule has 0 radical (unpaired) electrons. The monoisotopic (exact) mass is 416 g/mol. The van der Waals surface area contributed by atoms with Crippen LogP contribution in [0.2, 0.25) is 0 Å². The van der Waals surface area contributed by atoms with Crippen molar-refractivity contribution in [2.45, 2.75) is 5.03 Å². The van der Waals surface area contributed by atoms with Crippen LogP contribution in [0, 0.1) is 5.21 Å². The molecule has 10 heteroatoms. The number of nitrogens with one attached hydrogen (secondary N) is 1. The predicted octanol–water partition coefficient (Wildman–Crippen LogP) is 1.66. The molecule has 1 aliphatic heterocycles. The van der Waals surface area contributed by atoms with Crippen molar-refractivity contribution in [3.8, 4) is 0 Å². The zero-order valence-electron chi connectivity index (χ0n) is 14.6. The first-order valence-corrected chi connectivity index (χ1v) is 10.1. The minimum Gasteiger partial charge on any atom is -0.618 e. The van der Waals surface area contributed by atoms with Gasteiger partial charge in [0.2, 0.25) is 5.91 Å². The van der Waals surface area contributed by atoms with Gasteiger partial charge in [-0.05, 0) is 47.3 Å². The lowest BCUT2D eigenvalue weighted by atomic mass is 10.2. The van der Waals surface area contributed by atoms with Crippen LogP contribution in [0.1, 0.15) is 5.56 Å². The van der Waals surface area contributed by atoms with Crippen molar-refractivity contribution in [3.05, 3.63) is 64.6 Å². The van der Waals surface area contributed by atoms with E-state index < -0.39 is 0 Å². The third-order valence-electron chi connectivity index (χ3n) is 3.65. The second-order valence-electron chi connectivity index (χ2n) is 5.62. The highest BCUT2D eigenvalue weighted by Crippen LogP contribution is 2.31. The van der Waals surface area contributed by atoms with Crippen molar-refractivity contribution in [2.24, 2.45) is 0 Å². The van der Waals surface area contributed by atoms with E-state index in [0.717, 1.165) is 34.0 Å². The highest BCUT2D eigenvalue weighted by Gasteiger charge is 2.34. The average Bonchev–Trinajstić information content (AvgIpc) is 2.95. The maximum absolute atomic E-state index is 12.4. The van der Waals surface area contributed by atoms with E-state index in [9.17, 15) is 19.6 Å². The molecule has 0 unspecified atom stereocenters. The molecule has 2 aromatic rings. The van der Waals surface area contributed by atoms with E-state index >= 15 is 0 Å². The van der Waals surface area contributed by atoms with E-state index in [2.05, 4.69) is 10.3 Å². The Labute approximate surface area is 169 Å². The van der Waals surface area contributed by atoms with Gasteiger partial charge in [-0.1, -0.05) is 6.07 Å². The van der Waals surface area contributed by atoms with Crippen LogP contribution in [0.3, 0.4) is 0 Å². The Bertz CT molecular complexity index is 921. The molecule has 0 spiro atoms. The van der Waals surface area contributed by atoms with E-state index in [1.165, 1.54) is 6.20 Å². The molecule has 3 heterocycles. The number of hydrogen-bond acceptors (Lipinski definition) is 7. The SMILES string of the molecule is O=C(CSc1cccc[n+]1[O-])NCCN1C(=O)S/C(=C/c2cccnc2)C1=O. The number of aromatic nitrogens is 2. The Kier molecular flexibility index (Phi) is 6.66. The molecule has 1 aliphatic rings. The zero-order chi connectivity index (χ0) is 19.9. The third-order valence-corrected chi connectivity index (χ3v) is 5.58. The normalized spacial score (nSPS) is 15.3. The molecule has 3 amide bonds. The Morgan fingerprint density at radius 2 is 2.18 bits per heavy atom. The standard InChI is InChI=1S/C18H16N4O4S2/c23-15(12-27-16-5-1-2-8-22(16)26)20-7-9-21-17(24)14(28-18(21)25)10-13-4-3-6-19-11-13/h1-6,8,10-11H,7,9,12H2,(H,20,23)/b14-10+. The topological polar surface area (TPSA) is 106 Å². The second-order valence-corrected chi connectivity index (χ2v) is 7.61. The van der Waals surface area contributed by atoms with Crippen LogP contribution < -0.4 is 10.0 Å². The lowest BCUT2D eigenvalue weighted by Gasteiger charge is -2.12. The molecule has 144 valence electrons. The first-order valence-electron chi connectivity index (χ1n) is 8.27. The van der Waals surface area contributed by atoms with Crippen LogP contribution in [0.15, 0.2) is 58.9 Å². The smallest absolute Gasteiger partial charge is 0.293 e. The molecule has 0 aliphatic carbocycles. The Morgan fingerprint density at radius 3 is 2.93 bits per heavy atom. The maximum Gasteiger partial charge on any atom is 0.293 e. The molecule has 0 aromatic carbocycles. The van der Waals surface area contributed by atoms with Crippen molar-refractivity contribution in [1.82, 2.24) is 15.2 Å². The Morgan fingerprint density at radius 1 is 1.32 bits per heavy atom. The maximum atomic E-state index is 12.4. The van der Waals surface area contributed by atoms with E-state index in [0.29, 0.717) is 14.7 Å². The van der Waals surface area contributed by atoms with Gasteiger partial charge in [-0.15, -0.1) is 0 Å². The number of nitrogens with zero attached hydrogens (tertiary/aromatic N) is 3. The summed E-state index contributed by atoms with van der Waals surface area (Å²) in [6, 6.07) is 8.48. The molecule has 1 saturated heterocycles. The summed E-state index contributed by atoms with van der Waals surface area (Å²) >= 11 is 1.97. The Balaban J connectivity index is 1.47. The van der Waals surface area contributed by atoms with Crippen LogP contribution in [0.4, 0.5) is 4.79 Å². The molecular formula is C18H16N4O4S2. The van der Waals surface area contributed by atoms with E-state index in [-0.39, 0.29) is 35.9 Å². The highest BCUT2D eigenvalue weighted by molar-refractivity contribution is 8.18. The summed E-state index contributed by atoms with van der Waals surface area (Å²) in [5.41, 5.74) is 0.731. The molecule has 3 rings (SSSR count). The van der Waals surface area contributed by atoms with Crippen molar-refractivity contribution in [3.63, 3.8) is 0 Å². The molecule has 0 saturated carbocycles. The zero-order valence-corrected chi connectivity index (χ0v) is 16.2. The van der Waals surface area contributed by atoms with Gasteiger partial charge in [0.15, 0.2) is 6.20 Å². The van der Waals surface area contributed by atoms with Crippen molar-refractivity contribution < 1.29 is 19.1 Å². The summed E-state index contributed by atoms with van der Waals surface area (Å²) in [6.45, 7) is 0.224. The van der Waals surface area contributed by atoms with Gasteiger partial charge in [0, 0.05) is 37.6 Å². The van der Waals surface area contributed by atoms with Crippen molar-refractivity contribution in [1.29, 1.82) is 0 Å². The summed E-state index contributed by atoms with van der Waals surface area (Å²) in [5.74, 6) is -0.611.